The lowest BCUT2D eigenvalue weighted by molar-refractivity contribution is 0.0827. The molecule has 0 aliphatic carbocycles. The van der Waals surface area contributed by atoms with Crippen molar-refractivity contribution >= 4 is 47.4 Å². The van der Waals surface area contributed by atoms with E-state index in [0.29, 0.717) is 12.1 Å². The molecule has 0 aliphatic rings. The number of carbonyl (C=O) groups is 1. The summed E-state index contributed by atoms with van der Waals surface area (Å²) >= 11 is 6.01. The normalized spacial score (nSPS) is 11.5. The topological polar surface area (TPSA) is 56.7 Å². The van der Waals surface area contributed by atoms with Crippen LogP contribution in [0.4, 0.5) is 0 Å². The van der Waals surface area contributed by atoms with Crippen molar-refractivity contribution in [3.63, 3.8) is 0 Å². The molecule has 0 fully saturated rings. The first-order valence-corrected chi connectivity index (χ1v) is 10.7. The molecule has 31 heavy (non-hydrogen) atoms. The largest absolute Gasteiger partial charge is 0.357 e. The molecule has 0 heterocycles. The summed E-state index contributed by atoms with van der Waals surface area (Å²) in [6.45, 7) is 8.58. The average molecular weight is 557 g/mol. The number of hydrogen-bond donors (Lipinski definition) is 2. The second-order valence-electron chi connectivity index (χ2n) is 8.16. The lowest BCUT2D eigenvalue weighted by Gasteiger charge is -2.24. The summed E-state index contributed by atoms with van der Waals surface area (Å²) in [5, 5.41) is 7.44. The van der Waals surface area contributed by atoms with Gasteiger partial charge in [-0.3, -0.25) is 9.79 Å². The molecule has 2 aromatic rings. The maximum Gasteiger partial charge on any atom is 0.253 e. The maximum atomic E-state index is 12.2. The lowest BCUT2D eigenvalue weighted by Crippen LogP contribution is -2.39. The van der Waals surface area contributed by atoms with Crippen LogP contribution >= 0.6 is 35.6 Å². The van der Waals surface area contributed by atoms with E-state index in [1.807, 2.05) is 36.4 Å². The van der Waals surface area contributed by atoms with Gasteiger partial charge in [-0.05, 0) is 48.7 Å². The van der Waals surface area contributed by atoms with Gasteiger partial charge in [0.25, 0.3) is 5.91 Å². The van der Waals surface area contributed by atoms with Crippen molar-refractivity contribution in [3.05, 3.63) is 70.2 Å². The van der Waals surface area contributed by atoms with Gasteiger partial charge in [0.2, 0.25) is 0 Å². The highest BCUT2D eigenvalue weighted by molar-refractivity contribution is 14.0. The fourth-order valence-corrected chi connectivity index (χ4v) is 3.18. The molecule has 0 saturated carbocycles. The number of rotatable bonds is 8. The molecule has 5 nitrogen and oxygen atoms in total. The third kappa shape index (κ3) is 8.69. The zero-order chi connectivity index (χ0) is 22.1. The van der Waals surface area contributed by atoms with E-state index in [-0.39, 0.29) is 35.3 Å². The summed E-state index contributed by atoms with van der Waals surface area (Å²) in [6, 6.07) is 15.7. The van der Waals surface area contributed by atoms with E-state index in [0.717, 1.165) is 36.1 Å². The van der Waals surface area contributed by atoms with Gasteiger partial charge in [-0.2, -0.15) is 0 Å². The number of amides is 1. The van der Waals surface area contributed by atoms with E-state index in [1.165, 1.54) is 5.56 Å². The van der Waals surface area contributed by atoms with Gasteiger partial charge in [0.05, 0.1) is 6.54 Å². The molecule has 0 atom stereocenters. The quantitative estimate of drug-likeness (QED) is 0.281. The predicted molar refractivity (Wildman–Crippen MR) is 142 cm³/mol. The summed E-state index contributed by atoms with van der Waals surface area (Å²) < 4.78 is 0. The Morgan fingerprint density at radius 1 is 1.10 bits per heavy atom. The summed E-state index contributed by atoms with van der Waals surface area (Å²) in [6.07, 6.45) is 0.805. The first kappa shape index (κ1) is 27.2. The van der Waals surface area contributed by atoms with Crippen molar-refractivity contribution in [1.29, 1.82) is 0 Å². The minimum Gasteiger partial charge on any atom is -0.357 e. The van der Waals surface area contributed by atoms with E-state index in [4.69, 9.17) is 16.6 Å². The van der Waals surface area contributed by atoms with Crippen molar-refractivity contribution < 1.29 is 4.79 Å². The van der Waals surface area contributed by atoms with Crippen LogP contribution in [0, 0.1) is 0 Å². The number of aliphatic imine (C=N–C) groups is 1. The van der Waals surface area contributed by atoms with Crippen LogP contribution < -0.4 is 10.6 Å². The second kappa shape index (κ2) is 12.9. The number of nitrogens with one attached hydrogen (secondary N) is 2. The Labute approximate surface area is 208 Å². The summed E-state index contributed by atoms with van der Waals surface area (Å²) in [5.41, 5.74) is 2.93. The molecule has 170 valence electrons. The molecule has 0 unspecified atom stereocenters. The number of benzene rings is 2. The molecular weight excluding hydrogens is 523 g/mol. The zero-order valence-electron chi connectivity index (χ0n) is 19.0. The maximum absolute atomic E-state index is 12.2. The van der Waals surface area contributed by atoms with Crippen LogP contribution in [0.15, 0.2) is 53.5 Å². The standard InChI is InChI=1S/C24H33ClN4O.HI/c1-6-26-23(28-17-24(2,3)20-10-12-21(25)13-11-20)27-15-14-18-8-7-9-19(16-18)22(30)29(4)5;/h7-13,16H,6,14-15,17H2,1-5H3,(H2,26,27,28);1H. The van der Waals surface area contributed by atoms with Crippen LogP contribution in [0.2, 0.25) is 5.02 Å². The van der Waals surface area contributed by atoms with E-state index in [9.17, 15) is 4.79 Å². The van der Waals surface area contributed by atoms with E-state index in [2.05, 4.69) is 43.5 Å². The Kier molecular flexibility index (Phi) is 11.3. The Bertz CT molecular complexity index is 866. The van der Waals surface area contributed by atoms with E-state index >= 15 is 0 Å². The van der Waals surface area contributed by atoms with Gasteiger partial charge >= 0.3 is 0 Å². The van der Waals surface area contributed by atoms with Gasteiger partial charge in [0.1, 0.15) is 0 Å². The fourth-order valence-electron chi connectivity index (χ4n) is 3.05. The molecule has 0 spiro atoms. The minimum atomic E-state index is -0.103. The third-order valence-corrected chi connectivity index (χ3v) is 5.14. The Morgan fingerprint density at radius 2 is 1.77 bits per heavy atom. The molecule has 0 aliphatic heterocycles. The van der Waals surface area contributed by atoms with Crippen LogP contribution in [-0.2, 0) is 11.8 Å². The highest BCUT2D eigenvalue weighted by Crippen LogP contribution is 2.24. The Morgan fingerprint density at radius 3 is 2.39 bits per heavy atom. The molecule has 2 aromatic carbocycles. The van der Waals surface area contributed by atoms with Crippen LogP contribution in [0.3, 0.4) is 0 Å². The fraction of sp³-hybridized carbons (Fsp3) is 0.417. The molecule has 2 N–H and O–H groups in total. The van der Waals surface area contributed by atoms with Gasteiger partial charge in [0.15, 0.2) is 5.96 Å². The van der Waals surface area contributed by atoms with Crippen LogP contribution in [-0.4, -0.2) is 50.5 Å². The van der Waals surface area contributed by atoms with Gasteiger partial charge < -0.3 is 15.5 Å². The van der Waals surface area contributed by atoms with Crippen molar-refractivity contribution in [3.8, 4) is 0 Å². The number of halogens is 2. The smallest absolute Gasteiger partial charge is 0.253 e. The van der Waals surface area contributed by atoms with Crippen LogP contribution in [0.25, 0.3) is 0 Å². The highest BCUT2D eigenvalue weighted by atomic mass is 127. The molecular formula is C24H34ClIN4O. The molecule has 1 amide bonds. The van der Waals surface area contributed by atoms with Crippen molar-refractivity contribution in [1.82, 2.24) is 15.5 Å². The molecule has 0 bridgehead atoms. The van der Waals surface area contributed by atoms with Crippen molar-refractivity contribution in [2.24, 2.45) is 4.99 Å². The van der Waals surface area contributed by atoms with Gasteiger partial charge in [-0.1, -0.05) is 49.7 Å². The number of carbonyl (C=O) groups excluding carboxylic acids is 1. The second-order valence-corrected chi connectivity index (χ2v) is 8.60. The van der Waals surface area contributed by atoms with Crippen molar-refractivity contribution in [2.75, 3.05) is 33.7 Å². The van der Waals surface area contributed by atoms with Gasteiger partial charge in [-0.25, -0.2) is 0 Å². The Balaban J connectivity index is 0.00000480. The molecule has 2 rings (SSSR count). The molecule has 7 heteroatoms. The third-order valence-electron chi connectivity index (χ3n) is 4.89. The SMILES string of the molecule is CCNC(=NCC(C)(C)c1ccc(Cl)cc1)NCCc1cccc(C(=O)N(C)C)c1.I. The summed E-state index contributed by atoms with van der Waals surface area (Å²) in [5.74, 6) is 0.809. The summed E-state index contributed by atoms with van der Waals surface area (Å²) in [4.78, 5) is 18.5. The first-order chi connectivity index (χ1) is 14.2. The van der Waals surface area contributed by atoms with E-state index < -0.39 is 0 Å². The van der Waals surface area contributed by atoms with Crippen molar-refractivity contribution in [2.45, 2.75) is 32.6 Å². The van der Waals surface area contributed by atoms with Gasteiger partial charge in [0, 0.05) is 43.2 Å². The monoisotopic (exact) mass is 556 g/mol. The first-order valence-electron chi connectivity index (χ1n) is 10.3. The summed E-state index contributed by atoms with van der Waals surface area (Å²) in [7, 11) is 3.53. The Hall–Kier alpha value is -1.80. The number of hydrogen-bond acceptors (Lipinski definition) is 2. The number of guanidine groups is 1. The zero-order valence-corrected chi connectivity index (χ0v) is 22.1. The minimum absolute atomic E-state index is 0. The number of nitrogens with zero attached hydrogens (tertiary/aromatic N) is 2. The van der Waals surface area contributed by atoms with E-state index in [1.54, 1.807) is 19.0 Å². The van der Waals surface area contributed by atoms with Gasteiger partial charge in [-0.15, -0.1) is 24.0 Å². The van der Waals surface area contributed by atoms with Crippen LogP contribution in [0.5, 0.6) is 0 Å². The molecule has 0 saturated heterocycles. The molecule has 0 aromatic heterocycles. The predicted octanol–water partition coefficient (Wildman–Crippen LogP) is 4.74. The highest BCUT2D eigenvalue weighted by Gasteiger charge is 2.20. The van der Waals surface area contributed by atoms with Crippen LogP contribution in [0.1, 0.15) is 42.3 Å². The average Bonchev–Trinajstić information content (AvgIpc) is 2.72. The molecule has 0 radical (unpaired) electrons. The lowest BCUT2D eigenvalue weighted by atomic mass is 9.85.